The Kier molecular flexibility index (Phi) is 5.77. The Morgan fingerprint density at radius 1 is 0.950 bits per heavy atom. The van der Waals surface area contributed by atoms with Gasteiger partial charge in [-0.25, -0.2) is 9.97 Å². The van der Waals surface area contributed by atoms with Gasteiger partial charge in [0.15, 0.2) is 0 Å². The minimum atomic E-state index is 0.673. The van der Waals surface area contributed by atoms with Crippen molar-refractivity contribution in [1.29, 1.82) is 0 Å². The molecule has 2 N–H and O–H groups in total. The number of hydrogen-bond acceptors (Lipinski definition) is 4. The van der Waals surface area contributed by atoms with Crippen LogP contribution in [0.4, 0.5) is 5.95 Å². The molecule has 0 radical (unpaired) electrons. The second-order valence-corrected chi connectivity index (χ2v) is 5.54. The molecule has 4 heteroatoms. The third-order valence-corrected chi connectivity index (χ3v) is 4.12. The maximum Gasteiger partial charge on any atom is 0.225 e. The van der Waals surface area contributed by atoms with Crippen LogP contribution in [0, 0.1) is 0 Å². The molecular formula is C16H28N4. The van der Waals surface area contributed by atoms with Crippen molar-refractivity contribution in [2.24, 2.45) is 5.73 Å². The molecule has 1 aromatic heterocycles. The number of anilines is 1. The van der Waals surface area contributed by atoms with E-state index in [1.807, 2.05) is 0 Å². The molecule has 2 rings (SSSR count). The van der Waals surface area contributed by atoms with Gasteiger partial charge in [0.25, 0.3) is 0 Å². The van der Waals surface area contributed by atoms with E-state index in [0.29, 0.717) is 6.54 Å². The van der Waals surface area contributed by atoms with E-state index in [9.17, 15) is 0 Å². The molecule has 1 aliphatic rings. The van der Waals surface area contributed by atoms with Gasteiger partial charge in [0, 0.05) is 24.5 Å². The third kappa shape index (κ3) is 3.48. The number of nitrogens with zero attached hydrogens (tertiary/aromatic N) is 3. The van der Waals surface area contributed by atoms with Crippen molar-refractivity contribution in [2.45, 2.75) is 58.8 Å². The van der Waals surface area contributed by atoms with Gasteiger partial charge in [-0.05, 0) is 44.2 Å². The van der Waals surface area contributed by atoms with Crippen LogP contribution in [-0.2, 0) is 19.3 Å². The van der Waals surface area contributed by atoms with Crippen molar-refractivity contribution in [3.8, 4) is 0 Å². The zero-order chi connectivity index (χ0) is 14.4. The van der Waals surface area contributed by atoms with Gasteiger partial charge in [0.2, 0.25) is 5.95 Å². The minimum Gasteiger partial charge on any atom is -0.341 e. The summed E-state index contributed by atoms with van der Waals surface area (Å²) in [6, 6.07) is 0. The van der Waals surface area contributed by atoms with Gasteiger partial charge in [-0.2, -0.15) is 0 Å². The van der Waals surface area contributed by atoms with Crippen molar-refractivity contribution in [1.82, 2.24) is 9.97 Å². The number of hydrogen-bond donors (Lipinski definition) is 1. The molecule has 0 saturated carbocycles. The number of rotatable bonds is 5. The van der Waals surface area contributed by atoms with Crippen LogP contribution in [0.25, 0.3) is 0 Å². The topological polar surface area (TPSA) is 55.0 Å². The normalized spacial score (nSPS) is 16.2. The van der Waals surface area contributed by atoms with Crippen LogP contribution in [0.3, 0.4) is 0 Å². The summed E-state index contributed by atoms with van der Waals surface area (Å²) in [5.74, 6) is 0.946. The molecule has 0 unspecified atom stereocenters. The van der Waals surface area contributed by atoms with Gasteiger partial charge in [0.1, 0.15) is 0 Å². The molecule has 1 aromatic rings. The average Bonchev–Trinajstić information content (AvgIpc) is 2.76. The highest BCUT2D eigenvalue weighted by Crippen LogP contribution is 2.21. The van der Waals surface area contributed by atoms with Crippen LogP contribution >= 0.6 is 0 Å². The van der Waals surface area contributed by atoms with E-state index in [1.54, 1.807) is 0 Å². The summed E-state index contributed by atoms with van der Waals surface area (Å²) in [6.45, 7) is 7.22. The molecule has 112 valence electrons. The smallest absolute Gasteiger partial charge is 0.225 e. The quantitative estimate of drug-likeness (QED) is 0.897. The Balaban J connectivity index is 2.33. The summed E-state index contributed by atoms with van der Waals surface area (Å²) < 4.78 is 0. The summed E-state index contributed by atoms with van der Waals surface area (Å²) in [6.07, 6.45) is 8.02. The fourth-order valence-corrected chi connectivity index (χ4v) is 3.00. The van der Waals surface area contributed by atoms with E-state index in [2.05, 4.69) is 18.7 Å². The fraction of sp³-hybridized carbons (Fsp3) is 0.750. The predicted octanol–water partition coefficient (Wildman–Crippen LogP) is 2.48. The molecule has 2 heterocycles. The summed E-state index contributed by atoms with van der Waals surface area (Å²) >= 11 is 0. The van der Waals surface area contributed by atoms with E-state index in [0.717, 1.165) is 38.3 Å². The van der Waals surface area contributed by atoms with Crippen molar-refractivity contribution in [3.63, 3.8) is 0 Å². The van der Waals surface area contributed by atoms with Gasteiger partial charge in [-0.3, -0.25) is 0 Å². The monoisotopic (exact) mass is 276 g/mol. The Hall–Kier alpha value is -1.16. The lowest BCUT2D eigenvalue weighted by Crippen LogP contribution is -2.27. The van der Waals surface area contributed by atoms with Crippen LogP contribution in [0.15, 0.2) is 0 Å². The summed E-state index contributed by atoms with van der Waals surface area (Å²) in [7, 11) is 0. The van der Waals surface area contributed by atoms with Crippen LogP contribution in [-0.4, -0.2) is 29.6 Å². The predicted molar refractivity (Wildman–Crippen MR) is 84.2 cm³/mol. The van der Waals surface area contributed by atoms with Gasteiger partial charge < -0.3 is 10.6 Å². The molecule has 1 fully saturated rings. The Morgan fingerprint density at radius 3 is 1.95 bits per heavy atom. The highest BCUT2D eigenvalue weighted by atomic mass is 15.2. The SMILES string of the molecule is CCc1nc(N2CCCCCC2)nc(CC)c1CCN. The standard InChI is InChI=1S/C16H28N4/c1-3-14-13(9-10-17)15(4-2)19-16(18-14)20-11-7-5-6-8-12-20/h3-12,17H2,1-2H3. The fourth-order valence-electron chi connectivity index (χ4n) is 3.00. The van der Waals surface area contributed by atoms with Crippen LogP contribution in [0.1, 0.15) is 56.5 Å². The van der Waals surface area contributed by atoms with Crippen molar-refractivity contribution in [3.05, 3.63) is 17.0 Å². The summed E-state index contributed by atoms with van der Waals surface area (Å²) in [5, 5.41) is 0. The third-order valence-electron chi connectivity index (χ3n) is 4.12. The van der Waals surface area contributed by atoms with Gasteiger partial charge >= 0.3 is 0 Å². The zero-order valence-electron chi connectivity index (χ0n) is 13.0. The number of aryl methyl sites for hydroxylation is 2. The first kappa shape index (κ1) is 15.2. The molecule has 0 spiro atoms. The minimum absolute atomic E-state index is 0.673. The maximum absolute atomic E-state index is 5.74. The largest absolute Gasteiger partial charge is 0.341 e. The molecule has 4 nitrogen and oxygen atoms in total. The van der Waals surface area contributed by atoms with Crippen molar-refractivity contribution < 1.29 is 0 Å². The Labute approximate surface area is 122 Å². The van der Waals surface area contributed by atoms with E-state index < -0.39 is 0 Å². The number of nitrogens with two attached hydrogens (primary N) is 1. The highest BCUT2D eigenvalue weighted by molar-refractivity contribution is 5.38. The molecule has 0 bridgehead atoms. The molecule has 0 amide bonds. The zero-order valence-corrected chi connectivity index (χ0v) is 13.0. The van der Waals surface area contributed by atoms with Gasteiger partial charge in [-0.15, -0.1) is 0 Å². The molecule has 0 aromatic carbocycles. The van der Waals surface area contributed by atoms with Gasteiger partial charge in [-0.1, -0.05) is 26.7 Å². The lowest BCUT2D eigenvalue weighted by atomic mass is 10.0. The highest BCUT2D eigenvalue weighted by Gasteiger charge is 2.17. The lowest BCUT2D eigenvalue weighted by Gasteiger charge is -2.23. The Bertz CT molecular complexity index is 397. The second kappa shape index (κ2) is 7.58. The average molecular weight is 276 g/mol. The molecular weight excluding hydrogens is 248 g/mol. The first-order valence-corrected chi connectivity index (χ1v) is 8.13. The van der Waals surface area contributed by atoms with E-state index >= 15 is 0 Å². The molecule has 20 heavy (non-hydrogen) atoms. The first-order chi connectivity index (χ1) is 9.80. The van der Waals surface area contributed by atoms with Crippen molar-refractivity contribution >= 4 is 5.95 Å². The second-order valence-electron chi connectivity index (χ2n) is 5.54. The molecule has 1 saturated heterocycles. The van der Waals surface area contributed by atoms with E-state index in [1.165, 1.54) is 42.6 Å². The van der Waals surface area contributed by atoms with Crippen LogP contribution in [0.5, 0.6) is 0 Å². The van der Waals surface area contributed by atoms with Gasteiger partial charge in [0.05, 0.1) is 0 Å². The van der Waals surface area contributed by atoms with Crippen LogP contribution in [0.2, 0.25) is 0 Å². The van der Waals surface area contributed by atoms with Crippen molar-refractivity contribution in [2.75, 3.05) is 24.5 Å². The molecule has 0 atom stereocenters. The summed E-state index contributed by atoms with van der Waals surface area (Å²) in [5.41, 5.74) is 9.42. The van der Waals surface area contributed by atoms with E-state index in [-0.39, 0.29) is 0 Å². The first-order valence-electron chi connectivity index (χ1n) is 8.13. The molecule has 1 aliphatic heterocycles. The Morgan fingerprint density at radius 2 is 1.50 bits per heavy atom. The number of aromatic nitrogens is 2. The molecule has 0 aliphatic carbocycles. The summed E-state index contributed by atoms with van der Waals surface area (Å²) in [4.78, 5) is 12.1. The van der Waals surface area contributed by atoms with Crippen LogP contribution < -0.4 is 10.6 Å². The maximum atomic E-state index is 5.74. The lowest BCUT2D eigenvalue weighted by molar-refractivity contribution is 0.726. The van der Waals surface area contributed by atoms with E-state index in [4.69, 9.17) is 15.7 Å².